The summed E-state index contributed by atoms with van der Waals surface area (Å²) < 4.78 is 38.3. The summed E-state index contributed by atoms with van der Waals surface area (Å²) >= 11 is 0. The molecule has 1 atom stereocenters. The molecule has 1 aromatic heterocycles. The van der Waals surface area contributed by atoms with Crippen LogP contribution in [-0.2, 0) is 6.18 Å². The van der Waals surface area contributed by atoms with E-state index in [1.54, 1.807) is 31.2 Å². The maximum atomic E-state index is 12.8. The van der Waals surface area contributed by atoms with Gasteiger partial charge in [-0.15, -0.1) is 0 Å². The Balaban J connectivity index is 2.78. The molecule has 0 spiro atoms. The van der Waals surface area contributed by atoms with Crippen molar-refractivity contribution in [2.75, 3.05) is 0 Å². The zero-order valence-corrected chi connectivity index (χ0v) is 8.60. The van der Waals surface area contributed by atoms with Crippen LogP contribution in [0.3, 0.4) is 0 Å². The molecule has 0 saturated carbocycles. The molecule has 1 heterocycles. The second-order valence-electron chi connectivity index (χ2n) is 3.75. The van der Waals surface area contributed by atoms with E-state index >= 15 is 0 Å². The Morgan fingerprint density at radius 2 is 1.88 bits per heavy atom. The molecule has 0 amide bonds. The van der Waals surface area contributed by atoms with Gasteiger partial charge in [-0.05, 0) is 13.0 Å². The molecule has 2 aromatic rings. The van der Waals surface area contributed by atoms with Gasteiger partial charge in [-0.25, -0.2) is 0 Å². The first-order chi connectivity index (χ1) is 7.41. The molecule has 1 unspecified atom stereocenters. The molecule has 5 heteroatoms. The Kier molecular flexibility index (Phi) is 2.42. The molecule has 16 heavy (non-hydrogen) atoms. The molecule has 0 radical (unpaired) electrons. The highest BCUT2D eigenvalue weighted by molar-refractivity contribution is 5.85. The maximum Gasteiger partial charge on any atom is 0.431 e. The number of nitrogens with one attached hydrogen (secondary N) is 1. The van der Waals surface area contributed by atoms with Gasteiger partial charge >= 0.3 is 6.18 Å². The van der Waals surface area contributed by atoms with Crippen molar-refractivity contribution >= 4 is 10.9 Å². The minimum Gasteiger partial charge on any atom is -0.351 e. The monoisotopic (exact) mass is 228 g/mol. The van der Waals surface area contributed by atoms with Crippen molar-refractivity contribution in [1.29, 1.82) is 0 Å². The van der Waals surface area contributed by atoms with E-state index in [4.69, 9.17) is 5.73 Å². The number of nitrogens with two attached hydrogens (primary N) is 1. The number of para-hydroxylation sites is 1. The first kappa shape index (κ1) is 11.0. The standard InChI is InChI=1S/C11H11F3N2/c1-6(15)9-7-4-2-3-5-8(7)16-10(9)11(12,13)14/h2-6,16H,15H2,1H3. The van der Waals surface area contributed by atoms with Gasteiger partial charge in [-0.2, -0.15) is 13.2 Å². The second kappa shape index (κ2) is 3.52. The van der Waals surface area contributed by atoms with Gasteiger partial charge in [0.05, 0.1) is 0 Å². The number of fused-ring (bicyclic) bond motifs is 1. The van der Waals surface area contributed by atoms with E-state index in [-0.39, 0.29) is 5.56 Å². The van der Waals surface area contributed by atoms with Crippen molar-refractivity contribution < 1.29 is 13.2 Å². The summed E-state index contributed by atoms with van der Waals surface area (Å²) in [6.45, 7) is 1.55. The predicted octanol–water partition coefficient (Wildman–Crippen LogP) is 3.21. The molecule has 3 N–H and O–H groups in total. The van der Waals surface area contributed by atoms with Crippen LogP contribution in [0.2, 0.25) is 0 Å². The molecule has 0 aliphatic carbocycles. The van der Waals surface area contributed by atoms with E-state index in [0.29, 0.717) is 10.9 Å². The fraction of sp³-hybridized carbons (Fsp3) is 0.273. The Hall–Kier alpha value is -1.49. The van der Waals surface area contributed by atoms with E-state index in [2.05, 4.69) is 4.98 Å². The lowest BCUT2D eigenvalue weighted by Crippen LogP contribution is -2.14. The molecule has 2 rings (SSSR count). The number of rotatable bonds is 1. The summed E-state index contributed by atoms with van der Waals surface area (Å²) in [6, 6.07) is 5.97. The molecule has 0 fully saturated rings. The first-order valence-corrected chi connectivity index (χ1v) is 4.84. The lowest BCUT2D eigenvalue weighted by molar-refractivity contribution is -0.141. The van der Waals surface area contributed by atoms with Gasteiger partial charge in [-0.1, -0.05) is 18.2 Å². The average Bonchev–Trinajstić information content (AvgIpc) is 2.55. The largest absolute Gasteiger partial charge is 0.431 e. The summed E-state index contributed by atoms with van der Waals surface area (Å²) in [4.78, 5) is 2.38. The van der Waals surface area contributed by atoms with Gasteiger partial charge in [0, 0.05) is 22.5 Å². The smallest absolute Gasteiger partial charge is 0.351 e. The number of aromatic amines is 1. The van der Waals surface area contributed by atoms with E-state index in [1.807, 2.05) is 0 Å². The van der Waals surface area contributed by atoms with Crippen molar-refractivity contribution in [2.24, 2.45) is 5.73 Å². The fourth-order valence-corrected chi connectivity index (χ4v) is 1.86. The summed E-state index contributed by atoms with van der Waals surface area (Å²) in [6.07, 6.45) is -4.40. The average molecular weight is 228 g/mol. The van der Waals surface area contributed by atoms with E-state index in [1.165, 1.54) is 0 Å². The van der Waals surface area contributed by atoms with Gasteiger partial charge in [0.1, 0.15) is 5.69 Å². The zero-order chi connectivity index (χ0) is 11.9. The number of benzene rings is 1. The van der Waals surface area contributed by atoms with Crippen LogP contribution in [0.25, 0.3) is 10.9 Å². The van der Waals surface area contributed by atoms with Gasteiger partial charge in [0.15, 0.2) is 0 Å². The maximum absolute atomic E-state index is 12.8. The first-order valence-electron chi connectivity index (χ1n) is 4.84. The third-order valence-electron chi connectivity index (χ3n) is 2.49. The number of halogens is 3. The van der Waals surface area contributed by atoms with Gasteiger partial charge in [0.2, 0.25) is 0 Å². The Morgan fingerprint density at radius 1 is 1.25 bits per heavy atom. The zero-order valence-electron chi connectivity index (χ0n) is 8.60. The van der Waals surface area contributed by atoms with Gasteiger partial charge < -0.3 is 10.7 Å². The van der Waals surface area contributed by atoms with Crippen molar-refractivity contribution in [3.05, 3.63) is 35.5 Å². The topological polar surface area (TPSA) is 41.8 Å². The van der Waals surface area contributed by atoms with Crippen LogP contribution < -0.4 is 5.73 Å². The molecule has 0 bridgehead atoms. The van der Waals surface area contributed by atoms with Crippen molar-refractivity contribution in [1.82, 2.24) is 4.98 Å². The Bertz CT molecular complexity index is 511. The molecule has 2 nitrogen and oxygen atoms in total. The summed E-state index contributed by atoms with van der Waals surface area (Å²) in [5, 5.41) is 0.532. The number of hydrogen-bond donors (Lipinski definition) is 2. The number of alkyl halides is 3. The van der Waals surface area contributed by atoms with Crippen LogP contribution in [0.5, 0.6) is 0 Å². The van der Waals surface area contributed by atoms with Crippen LogP contribution >= 0.6 is 0 Å². The molecule has 0 aliphatic rings. The van der Waals surface area contributed by atoms with Crippen molar-refractivity contribution in [3.8, 4) is 0 Å². The highest BCUT2D eigenvalue weighted by atomic mass is 19.4. The Labute approximate surface area is 90.3 Å². The molecule has 0 saturated heterocycles. The van der Waals surface area contributed by atoms with Crippen molar-refractivity contribution in [2.45, 2.75) is 19.1 Å². The normalized spacial score (nSPS) is 14.3. The Morgan fingerprint density at radius 3 is 2.44 bits per heavy atom. The molecule has 1 aromatic carbocycles. The number of hydrogen-bond acceptors (Lipinski definition) is 1. The lowest BCUT2D eigenvalue weighted by Gasteiger charge is -2.10. The van der Waals surface area contributed by atoms with Gasteiger partial charge in [-0.3, -0.25) is 0 Å². The summed E-state index contributed by atoms with van der Waals surface area (Å²) in [7, 11) is 0. The lowest BCUT2D eigenvalue weighted by atomic mass is 10.0. The third kappa shape index (κ3) is 1.67. The van der Waals surface area contributed by atoms with Gasteiger partial charge in [0.25, 0.3) is 0 Å². The minimum absolute atomic E-state index is 0.128. The molecule has 86 valence electrons. The van der Waals surface area contributed by atoms with E-state index < -0.39 is 17.9 Å². The van der Waals surface area contributed by atoms with Crippen LogP contribution in [-0.4, -0.2) is 4.98 Å². The highest BCUT2D eigenvalue weighted by Gasteiger charge is 2.37. The SMILES string of the molecule is CC(N)c1c(C(F)(F)F)[nH]c2ccccc12. The molecular weight excluding hydrogens is 217 g/mol. The second-order valence-corrected chi connectivity index (χ2v) is 3.75. The van der Waals surface area contributed by atoms with Crippen LogP contribution in [0.15, 0.2) is 24.3 Å². The van der Waals surface area contributed by atoms with Crippen LogP contribution in [0.4, 0.5) is 13.2 Å². The highest BCUT2D eigenvalue weighted by Crippen LogP contribution is 2.37. The van der Waals surface area contributed by atoms with Crippen LogP contribution in [0, 0.1) is 0 Å². The minimum atomic E-state index is -4.40. The van der Waals surface area contributed by atoms with E-state index in [9.17, 15) is 13.2 Å². The predicted molar refractivity (Wildman–Crippen MR) is 55.9 cm³/mol. The summed E-state index contributed by atoms with van der Waals surface area (Å²) in [5.41, 5.74) is 5.44. The molecular formula is C11H11F3N2. The fourth-order valence-electron chi connectivity index (χ4n) is 1.86. The number of H-pyrrole nitrogens is 1. The van der Waals surface area contributed by atoms with Crippen molar-refractivity contribution in [3.63, 3.8) is 0 Å². The van der Waals surface area contributed by atoms with E-state index in [0.717, 1.165) is 0 Å². The molecule has 0 aliphatic heterocycles. The number of aromatic nitrogens is 1. The third-order valence-corrected chi connectivity index (χ3v) is 2.49. The quantitative estimate of drug-likeness (QED) is 0.773. The van der Waals surface area contributed by atoms with Crippen LogP contribution in [0.1, 0.15) is 24.2 Å². The summed E-state index contributed by atoms with van der Waals surface area (Å²) in [5.74, 6) is 0.